The summed E-state index contributed by atoms with van der Waals surface area (Å²) in [5.74, 6) is 1.36. The molecule has 0 amide bonds. The van der Waals surface area contributed by atoms with Crippen molar-refractivity contribution in [1.82, 2.24) is 19.2 Å². The van der Waals surface area contributed by atoms with Crippen LogP contribution in [0.15, 0.2) is 83.8 Å². The maximum Gasteiger partial charge on any atom is 0.416 e. The van der Waals surface area contributed by atoms with Crippen molar-refractivity contribution in [3.8, 4) is 0 Å². The molecule has 1 atom stereocenters. The number of rotatable bonds is 7. The average molecular weight is 556 g/mol. The van der Waals surface area contributed by atoms with Crippen LogP contribution in [0.4, 0.5) is 19.0 Å². The monoisotopic (exact) mass is 555 g/mol. The van der Waals surface area contributed by atoms with E-state index in [4.69, 9.17) is 9.97 Å². The third-order valence-corrected chi connectivity index (χ3v) is 8.85. The number of nitrogens with one attached hydrogen (secondary N) is 1. The van der Waals surface area contributed by atoms with Gasteiger partial charge in [-0.1, -0.05) is 42.5 Å². The first-order chi connectivity index (χ1) is 18.6. The predicted octanol–water partition coefficient (Wildman–Crippen LogP) is 5.33. The molecule has 204 valence electrons. The van der Waals surface area contributed by atoms with Gasteiger partial charge in [-0.25, -0.2) is 18.4 Å². The molecule has 1 aliphatic rings. The first kappa shape index (κ1) is 27.0. The summed E-state index contributed by atoms with van der Waals surface area (Å²) in [6, 6.07) is 21.3. The molecule has 4 aromatic rings. The van der Waals surface area contributed by atoms with Crippen LogP contribution >= 0.6 is 0 Å². The molecule has 0 bridgehead atoms. The first-order valence-corrected chi connectivity index (χ1v) is 14.0. The highest BCUT2D eigenvalue weighted by Gasteiger charge is 2.33. The number of fused-ring (bicyclic) bond motifs is 1. The molecule has 7 nitrogen and oxygen atoms in total. The Balaban J connectivity index is 1.30. The normalized spacial score (nSPS) is 16.3. The number of piperazine rings is 1. The van der Waals surface area contributed by atoms with Gasteiger partial charge in [0.05, 0.1) is 22.0 Å². The van der Waals surface area contributed by atoms with E-state index in [2.05, 4.69) is 10.2 Å². The van der Waals surface area contributed by atoms with E-state index in [0.29, 0.717) is 25.5 Å². The van der Waals surface area contributed by atoms with Gasteiger partial charge in [0.2, 0.25) is 10.0 Å². The Bertz CT molecular complexity index is 1540. The minimum Gasteiger partial charge on any atom is -0.365 e. The van der Waals surface area contributed by atoms with E-state index in [-0.39, 0.29) is 24.0 Å². The van der Waals surface area contributed by atoms with Crippen LogP contribution in [0.1, 0.15) is 29.9 Å². The fraction of sp³-hybridized carbons (Fsp3) is 0.286. The molecule has 2 heterocycles. The van der Waals surface area contributed by atoms with Crippen LogP contribution < -0.4 is 5.32 Å². The summed E-state index contributed by atoms with van der Waals surface area (Å²) >= 11 is 0. The molecule has 0 radical (unpaired) electrons. The number of benzene rings is 3. The molecule has 1 fully saturated rings. The highest BCUT2D eigenvalue weighted by atomic mass is 32.2. The van der Waals surface area contributed by atoms with E-state index in [0.717, 1.165) is 46.5 Å². The van der Waals surface area contributed by atoms with Crippen LogP contribution in [-0.2, 0) is 22.7 Å². The van der Waals surface area contributed by atoms with Crippen LogP contribution in [0.5, 0.6) is 0 Å². The van der Waals surface area contributed by atoms with Gasteiger partial charge >= 0.3 is 6.18 Å². The van der Waals surface area contributed by atoms with Gasteiger partial charge in [-0.2, -0.15) is 17.5 Å². The molecule has 3 aromatic carbocycles. The lowest BCUT2D eigenvalue weighted by atomic mass is 10.2. The highest BCUT2D eigenvalue weighted by Crippen LogP contribution is 2.31. The topological polar surface area (TPSA) is 78.4 Å². The van der Waals surface area contributed by atoms with E-state index in [1.165, 1.54) is 4.31 Å². The number of alkyl halides is 3. The minimum absolute atomic E-state index is 0.149. The molecule has 0 saturated carbocycles. The van der Waals surface area contributed by atoms with E-state index in [1.807, 2.05) is 61.5 Å². The Morgan fingerprint density at radius 1 is 0.872 bits per heavy atom. The van der Waals surface area contributed by atoms with Gasteiger partial charge in [0.25, 0.3) is 0 Å². The molecule has 0 spiro atoms. The molecule has 1 N–H and O–H groups in total. The molecule has 11 heteroatoms. The van der Waals surface area contributed by atoms with Crippen molar-refractivity contribution >= 4 is 26.7 Å². The fourth-order valence-electron chi connectivity index (χ4n) is 4.66. The second-order valence-electron chi connectivity index (χ2n) is 9.42. The lowest BCUT2D eigenvalue weighted by Crippen LogP contribution is -2.49. The number of hydrogen-bond acceptors (Lipinski definition) is 6. The van der Waals surface area contributed by atoms with Gasteiger partial charge in [0, 0.05) is 38.1 Å². The van der Waals surface area contributed by atoms with Gasteiger partial charge in [0.15, 0.2) is 0 Å². The smallest absolute Gasteiger partial charge is 0.365 e. The zero-order valence-electron chi connectivity index (χ0n) is 21.3. The summed E-state index contributed by atoms with van der Waals surface area (Å²) in [6.45, 7) is 3.88. The third-order valence-electron chi connectivity index (χ3n) is 6.94. The van der Waals surface area contributed by atoms with E-state index in [1.54, 1.807) is 0 Å². The summed E-state index contributed by atoms with van der Waals surface area (Å²) in [5, 5.41) is 4.35. The summed E-state index contributed by atoms with van der Waals surface area (Å²) in [5.41, 5.74) is 1.06. The quantitative estimate of drug-likeness (QED) is 0.332. The molecular weight excluding hydrogens is 527 g/mol. The lowest BCUT2D eigenvalue weighted by Gasteiger charge is -2.37. The summed E-state index contributed by atoms with van der Waals surface area (Å²) in [6.07, 6.45) is -4.52. The second-order valence-corrected chi connectivity index (χ2v) is 11.4. The number of anilines is 1. The van der Waals surface area contributed by atoms with Crippen molar-refractivity contribution in [3.05, 3.63) is 95.8 Å². The van der Waals surface area contributed by atoms with Crippen LogP contribution in [0.3, 0.4) is 0 Å². The Morgan fingerprint density at radius 3 is 2.18 bits per heavy atom. The zero-order chi connectivity index (χ0) is 27.6. The molecule has 1 aliphatic heterocycles. The molecule has 39 heavy (non-hydrogen) atoms. The van der Waals surface area contributed by atoms with Gasteiger partial charge < -0.3 is 5.32 Å². The van der Waals surface area contributed by atoms with Crippen molar-refractivity contribution in [1.29, 1.82) is 0 Å². The largest absolute Gasteiger partial charge is 0.416 e. The van der Waals surface area contributed by atoms with Crippen LogP contribution in [0.2, 0.25) is 0 Å². The SMILES string of the molecule is CC(c1nc(NCc2ccccc2)c2ccccc2n1)N1CCN(S(=O)(=O)c2ccc(C(F)(F)F)cc2)CC1. The van der Waals surface area contributed by atoms with Gasteiger partial charge in [0.1, 0.15) is 11.6 Å². The molecule has 5 rings (SSSR count). The number of hydrogen-bond donors (Lipinski definition) is 1. The number of sulfonamides is 1. The number of aromatic nitrogens is 2. The van der Waals surface area contributed by atoms with Gasteiger partial charge in [-0.15, -0.1) is 0 Å². The number of para-hydroxylation sites is 1. The van der Waals surface area contributed by atoms with Crippen molar-refractivity contribution in [2.75, 3.05) is 31.5 Å². The van der Waals surface area contributed by atoms with Crippen molar-refractivity contribution < 1.29 is 21.6 Å². The Labute approximate surface area is 225 Å². The van der Waals surface area contributed by atoms with E-state index in [9.17, 15) is 21.6 Å². The average Bonchev–Trinajstić information content (AvgIpc) is 2.95. The standard InChI is InChI=1S/C28H28F3N5O2S/c1-20(26-33-25-10-6-5-9-24(25)27(34-26)32-19-21-7-3-2-4-8-21)35-15-17-36(18-16-35)39(37,38)23-13-11-22(12-14-23)28(29,30)31/h2-14,20H,15-19H2,1H3,(H,32,33,34). The van der Waals surface area contributed by atoms with Gasteiger partial charge in [-0.3, -0.25) is 4.90 Å². The molecule has 0 aliphatic carbocycles. The summed E-state index contributed by atoms with van der Waals surface area (Å²) < 4.78 is 66.1. The first-order valence-electron chi connectivity index (χ1n) is 12.6. The van der Waals surface area contributed by atoms with E-state index < -0.39 is 21.8 Å². The van der Waals surface area contributed by atoms with Gasteiger partial charge in [-0.05, 0) is 48.9 Å². The Hall–Kier alpha value is -3.54. The molecular formula is C28H28F3N5O2S. The fourth-order valence-corrected chi connectivity index (χ4v) is 6.08. The van der Waals surface area contributed by atoms with Crippen molar-refractivity contribution in [3.63, 3.8) is 0 Å². The Kier molecular flexibility index (Phi) is 7.57. The molecule has 1 unspecified atom stereocenters. The van der Waals surface area contributed by atoms with Crippen LogP contribution in [0, 0.1) is 0 Å². The predicted molar refractivity (Wildman–Crippen MR) is 143 cm³/mol. The molecule has 1 saturated heterocycles. The second kappa shape index (κ2) is 10.9. The highest BCUT2D eigenvalue weighted by molar-refractivity contribution is 7.89. The molecule has 1 aromatic heterocycles. The van der Waals surface area contributed by atoms with Crippen molar-refractivity contribution in [2.45, 2.75) is 30.6 Å². The van der Waals surface area contributed by atoms with Crippen LogP contribution in [0.25, 0.3) is 10.9 Å². The maximum absolute atomic E-state index is 13.1. The van der Waals surface area contributed by atoms with E-state index >= 15 is 0 Å². The maximum atomic E-state index is 13.1. The van der Waals surface area contributed by atoms with Crippen molar-refractivity contribution in [2.24, 2.45) is 0 Å². The number of halogens is 3. The summed E-state index contributed by atoms with van der Waals surface area (Å²) in [4.78, 5) is 11.6. The third kappa shape index (κ3) is 5.90. The minimum atomic E-state index is -4.52. The lowest BCUT2D eigenvalue weighted by molar-refractivity contribution is -0.137. The van der Waals surface area contributed by atoms with Crippen LogP contribution in [-0.4, -0.2) is 53.8 Å². The number of nitrogens with zero attached hydrogens (tertiary/aromatic N) is 4. The Morgan fingerprint density at radius 2 is 1.51 bits per heavy atom. The zero-order valence-corrected chi connectivity index (χ0v) is 22.1. The summed E-state index contributed by atoms with van der Waals surface area (Å²) in [7, 11) is -3.91.